The number of urea groups is 1. The van der Waals surface area contributed by atoms with E-state index >= 15 is 0 Å². The van der Waals surface area contributed by atoms with E-state index in [1.54, 1.807) is 0 Å². The summed E-state index contributed by atoms with van der Waals surface area (Å²) in [6, 6.07) is 6.58. The van der Waals surface area contributed by atoms with Crippen LogP contribution >= 0.6 is 0 Å². The fourth-order valence-electron chi connectivity index (χ4n) is 3.52. The van der Waals surface area contributed by atoms with Gasteiger partial charge in [-0.25, -0.2) is 4.79 Å². The van der Waals surface area contributed by atoms with Crippen LogP contribution in [0.4, 0.5) is 10.5 Å². The molecule has 0 aliphatic heterocycles. The first-order valence-electron chi connectivity index (χ1n) is 7.92. The van der Waals surface area contributed by atoms with Crippen molar-refractivity contribution < 1.29 is 4.79 Å². The van der Waals surface area contributed by atoms with Gasteiger partial charge in [-0.3, -0.25) is 0 Å². The molecule has 20 heavy (non-hydrogen) atoms. The van der Waals surface area contributed by atoms with Crippen LogP contribution in [0.25, 0.3) is 0 Å². The van der Waals surface area contributed by atoms with Crippen LogP contribution in [-0.2, 0) is 12.8 Å². The number of nitrogens with one attached hydrogen (secondary N) is 2. The summed E-state index contributed by atoms with van der Waals surface area (Å²) >= 11 is 0. The van der Waals surface area contributed by atoms with Crippen molar-refractivity contribution in [1.29, 1.82) is 0 Å². The number of amides is 2. The molecule has 2 aliphatic rings. The minimum Gasteiger partial charge on any atom is -0.335 e. The molecule has 0 unspecified atom stereocenters. The van der Waals surface area contributed by atoms with Crippen molar-refractivity contribution in [3.05, 3.63) is 29.3 Å². The van der Waals surface area contributed by atoms with Crippen LogP contribution < -0.4 is 10.6 Å². The molecular weight excluding hydrogens is 248 g/mol. The quantitative estimate of drug-likeness (QED) is 0.843. The van der Waals surface area contributed by atoms with Crippen molar-refractivity contribution in [2.24, 2.45) is 5.92 Å². The Morgan fingerprint density at radius 1 is 1.10 bits per heavy atom. The first-order valence-corrected chi connectivity index (χ1v) is 7.92. The van der Waals surface area contributed by atoms with Gasteiger partial charge in [0.15, 0.2) is 0 Å². The highest BCUT2D eigenvalue weighted by molar-refractivity contribution is 5.89. The highest BCUT2D eigenvalue weighted by Crippen LogP contribution is 2.26. The normalized spacial score (nSPS) is 25.1. The zero-order valence-electron chi connectivity index (χ0n) is 12.2. The summed E-state index contributed by atoms with van der Waals surface area (Å²) in [4.78, 5) is 12.1. The Bertz CT molecular complexity index is 498. The van der Waals surface area contributed by atoms with Gasteiger partial charge in [0.1, 0.15) is 0 Å². The van der Waals surface area contributed by atoms with Gasteiger partial charge in [-0.1, -0.05) is 25.8 Å². The lowest BCUT2D eigenvalue weighted by molar-refractivity contribution is 0.232. The molecule has 2 amide bonds. The molecule has 1 aromatic carbocycles. The van der Waals surface area contributed by atoms with Crippen LogP contribution in [-0.4, -0.2) is 12.1 Å². The number of fused-ring (bicyclic) bond motifs is 1. The van der Waals surface area contributed by atoms with Gasteiger partial charge in [0.25, 0.3) is 0 Å². The molecule has 1 saturated carbocycles. The molecule has 2 N–H and O–H groups in total. The number of benzene rings is 1. The molecule has 1 fully saturated rings. The topological polar surface area (TPSA) is 41.1 Å². The average Bonchev–Trinajstić information content (AvgIpc) is 2.89. The molecule has 0 spiro atoms. The van der Waals surface area contributed by atoms with E-state index in [1.807, 2.05) is 6.07 Å². The fourth-order valence-corrected chi connectivity index (χ4v) is 3.52. The number of carbonyl (C=O) groups is 1. The Hall–Kier alpha value is -1.51. The van der Waals surface area contributed by atoms with Gasteiger partial charge in [0.05, 0.1) is 0 Å². The number of rotatable bonds is 2. The molecule has 0 radical (unpaired) electrons. The van der Waals surface area contributed by atoms with E-state index in [2.05, 4.69) is 29.7 Å². The number of aryl methyl sites for hydroxylation is 2. The van der Waals surface area contributed by atoms with Gasteiger partial charge in [0.2, 0.25) is 0 Å². The summed E-state index contributed by atoms with van der Waals surface area (Å²) in [6.07, 6.45) is 8.43. The van der Waals surface area contributed by atoms with Gasteiger partial charge in [-0.2, -0.15) is 0 Å². The molecule has 0 aromatic heterocycles. The summed E-state index contributed by atoms with van der Waals surface area (Å²) in [5.74, 6) is 0.592. The Kier molecular flexibility index (Phi) is 3.95. The second kappa shape index (κ2) is 5.86. The van der Waals surface area contributed by atoms with Crippen molar-refractivity contribution in [3.63, 3.8) is 0 Å². The van der Waals surface area contributed by atoms with E-state index < -0.39 is 0 Å². The second-order valence-electron chi connectivity index (χ2n) is 6.30. The molecule has 3 nitrogen and oxygen atoms in total. The molecule has 0 bridgehead atoms. The van der Waals surface area contributed by atoms with Crippen molar-refractivity contribution in [2.75, 3.05) is 5.32 Å². The van der Waals surface area contributed by atoms with E-state index in [1.165, 1.54) is 43.2 Å². The van der Waals surface area contributed by atoms with E-state index in [9.17, 15) is 4.79 Å². The Labute approximate surface area is 121 Å². The summed E-state index contributed by atoms with van der Waals surface area (Å²) in [5.41, 5.74) is 3.76. The van der Waals surface area contributed by atoms with Crippen LogP contribution in [0, 0.1) is 5.92 Å². The molecule has 108 valence electrons. The smallest absolute Gasteiger partial charge is 0.319 e. The first kappa shape index (κ1) is 13.5. The molecule has 3 heteroatoms. The van der Waals surface area contributed by atoms with E-state index in [-0.39, 0.29) is 6.03 Å². The predicted molar refractivity (Wildman–Crippen MR) is 82.0 cm³/mol. The maximum Gasteiger partial charge on any atom is 0.319 e. The summed E-state index contributed by atoms with van der Waals surface area (Å²) in [7, 11) is 0. The average molecular weight is 272 g/mol. The lowest BCUT2D eigenvalue weighted by Crippen LogP contribution is -2.43. The third-order valence-electron chi connectivity index (χ3n) is 4.78. The van der Waals surface area contributed by atoms with Crippen LogP contribution in [0.2, 0.25) is 0 Å². The number of hydrogen-bond donors (Lipinski definition) is 2. The monoisotopic (exact) mass is 272 g/mol. The molecule has 2 atom stereocenters. The highest BCUT2D eigenvalue weighted by Gasteiger charge is 2.22. The van der Waals surface area contributed by atoms with Gasteiger partial charge >= 0.3 is 6.03 Å². The zero-order valence-corrected chi connectivity index (χ0v) is 12.2. The van der Waals surface area contributed by atoms with Gasteiger partial charge < -0.3 is 10.6 Å². The minimum atomic E-state index is -0.0540. The number of carbonyl (C=O) groups excluding carboxylic acids is 1. The SMILES string of the molecule is C[C@H]1CCCC[C@@H]1NC(=O)Nc1ccc2c(c1)CCC2. The summed E-state index contributed by atoms with van der Waals surface area (Å²) < 4.78 is 0. The third-order valence-corrected chi connectivity index (χ3v) is 4.78. The Morgan fingerprint density at radius 3 is 2.75 bits per heavy atom. The first-order chi connectivity index (χ1) is 9.72. The molecule has 1 aromatic rings. The second-order valence-corrected chi connectivity index (χ2v) is 6.30. The lowest BCUT2D eigenvalue weighted by Gasteiger charge is -2.29. The molecule has 0 heterocycles. The number of hydrogen-bond acceptors (Lipinski definition) is 1. The fraction of sp³-hybridized carbons (Fsp3) is 0.588. The van der Waals surface area contributed by atoms with Crippen molar-refractivity contribution in [1.82, 2.24) is 5.32 Å². The largest absolute Gasteiger partial charge is 0.335 e. The van der Waals surface area contributed by atoms with Crippen LogP contribution in [0.5, 0.6) is 0 Å². The molecule has 2 aliphatic carbocycles. The maximum atomic E-state index is 12.1. The van der Waals surface area contributed by atoms with Crippen molar-refractivity contribution in [3.8, 4) is 0 Å². The Balaban J connectivity index is 1.58. The van der Waals surface area contributed by atoms with Gasteiger partial charge in [-0.05, 0) is 61.3 Å². The Morgan fingerprint density at radius 2 is 1.90 bits per heavy atom. The standard InChI is InChI=1S/C17H24N2O/c1-12-5-2-3-8-16(12)19-17(20)18-15-10-9-13-6-4-7-14(13)11-15/h9-12,16H,2-8H2,1H3,(H2,18,19,20)/t12-,16-/m0/s1. The molecule has 3 rings (SSSR count). The summed E-state index contributed by atoms with van der Waals surface area (Å²) in [6.45, 7) is 2.24. The van der Waals surface area contributed by atoms with E-state index in [4.69, 9.17) is 0 Å². The lowest BCUT2D eigenvalue weighted by atomic mass is 9.86. The van der Waals surface area contributed by atoms with Crippen molar-refractivity contribution >= 4 is 11.7 Å². The summed E-state index contributed by atoms with van der Waals surface area (Å²) in [5, 5.41) is 6.12. The van der Waals surface area contributed by atoms with E-state index in [0.717, 1.165) is 18.5 Å². The third kappa shape index (κ3) is 2.97. The maximum absolute atomic E-state index is 12.1. The van der Waals surface area contributed by atoms with Gasteiger partial charge in [0, 0.05) is 11.7 Å². The number of anilines is 1. The van der Waals surface area contributed by atoms with Crippen LogP contribution in [0.15, 0.2) is 18.2 Å². The predicted octanol–water partition coefficient (Wildman–Crippen LogP) is 3.88. The van der Waals surface area contributed by atoms with Crippen LogP contribution in [0.1, 0.15) is 50.2 Å². The van der Waals surface area contributed by atoms with E-state index in [0.29, 0.717) is 12.0 Å². The van der Waals surface area contributed by atoms with Gasteiger partial charge in [-0.15, -0.1) is 0 Å². The molecule has 0 saturated heterocycles. The van der Waals surface area contributed by atoms with Crippen molar-refractivity contribution in [2.45, 2.75) is 57.9 Å². The van der Waals surface area contributed by atoms with Crippen LogP contribution in [0.3, 0.4) is 0 Å². The zero-order chi connectivity index (χ0) is 13.9. The highest BCUT2D eigenvalue weighted by atomic mass is 16.2. The minimum absolute atomic E-state index is 0.0540. The molecular formula is C17H24N2O.